The summed E-state index contributed by atoms with van der Waals surface area (Å²) >= 11 is 0. The first-order chi connectivity index (χ1) is 15.5. The van der Waals surface area contributed by atoms with Crippen molar-refractivity contribution in [3.63, 3.8) is 0 Å². The molecule has 0 bridgehead atoms. The normalized spacial score (nSPS) is 14.1. The number of rotatable bonds is 5. The molecule has 1 aliphatic rings. The Labute approximate surface area is 190 Å². The number of piperazine rings is 1. The van der Waals surface area contributed by atoms with Gasteiger partial charge in [-0.25, -0.2) is 0 Å². The van der Waals surface area contributed by atoms with Crippen LogP contribution in [-0.4, -0.2) is 47.8 Å². The number of hydrogen-bond donors (Lipinski definition) is 0. The van der Waals surface area contributed by atoms with Gasteiger partial charge in [-0.15, -0.1) is 0 Å². The molecule has 0 N–H and O–H groups in total. The van der Waals surface area contributed by atoms with Crippen molar-refractivity contribution in [2.24, 2.45) is 0 Å². The van der Waals surface area contributed by atoms with Crippen molar-refractivity contribution in [3.05, 3.63) is 107 Å². The van der Waals surface area contributed by atoms with Crippen molar-refractivity contribution in [1.29, 1.82) is 0 Å². The first kappa shape index (κ1) is 21.8. The lowest BCUT2D eigenvalue weighted by atomic mass is 9.90. The molecule has 2 amide bonds. The van der Waals surface area contributed by atoms with Gasteiger partial charge in [0.05, 0.1) is 5.92 Å². The highest BCUT2D eigenvalue weighted by Crippen LogP contribution is 2.27. The van der Waals surface area contributed by atoms with Crippen molar-refractivity contribution in [1.82, 2.24) is 9.80 Å². The molecular formula is C28H30N2O2. The van der Waals surface area contributed by atoms with Crippen LogP contribution in [0.2, 0.25) is 0 Å². The Morgan fingerprint density at radius 1 is 0.625 bits per heavy atom. The molecule has 0 radical (unpaired) electrons. The molecule has 0 atom stereocenters. The zero-order valence-electron chi connectivity index (χ0n) is 18.8. The maximum Gasteiger partial charge on any atom is 0.253 e. The van der Waals surface area contributed by atoms with Gasteiger partial charge in [0.15, 0.2) is 0 Å². The lowest BCUT2D eigenvalue weighted by Crippen LogP contribution is -2.51. The molecule has 3 aromatic rings. The predicted molar refractivity (Wildman–Crippen MR) is 128 cm³/mol. The third-order valence-electron chi connectivity index (χ3n) is 6.22. The van der Waals surface area contributed by atoms with Gasteiger partial charge in [0.25, 0.3) is 5.91 Å². The summed E-state index contributed by atoms with van der Waals surface area (Å²) < 4.78 is 0. The minimum Gasteiger partial charge on any atom is -0.338 e. The highest BCUT2D eigenvalue weighted by atomic mass is 16.2. The summed E-state index contributed by atoms with van der Waals surface area (Å²) in [6, 6.07) is 27.7. The van der Waals surface area contributed by atoms with E-state index in [1.807, 2.05) is 94.7 Å². The number of benzene rings is 3. The van der Waals surface area contributed by atoms with E-state index in [1.165, 1.54) is 5.56 Å². The predicted octanol–water partition coefficient (Wildman–Crippen LogP) is 4.93. The Bertz CT molecular complexity index is 998. The monoisotopic (exact) mass is 426 g/mol. The van der Waals surface area contributed by atoms with Crippen LogP contribution < -0.4 is 0 Å². The molecule has 1 heterocycles. The standard InChI is InChI=1S/C28H30N2O2/c1-21(2)22-13-15-25(16-14-22)27(31)29-17-19-30(20-18-29)28(32)26(23-9-5-3-6-10-23)24-11-7-4-8-12-24/h3-16,21,26H,17-20H2,1-2H3. The number of nitrogens with zero attached hydrogens (tertiary/aromatic N) is 2. The van der Waals surface area contributed by atoms with Crippen molar-refractivity contribution in [2.45, 2.75) is 25.7 Å². The van der Waals surface area contributed by atoms with E-state index in [0.29, 0.717) is 37.7 Å². The second-order valence-corrected chi connectivity index (χ2v) is 8.65. The van der Waals surface area contributed by atoms with Crippen molar-refractivity contribution in [2.75, 3.05) is 26.2 Å². The Balaban J connectivity index is 1.45. The van der Waals surface area contributed by atoms with Crippen LogP contribution >= 0.6 is 0 Å². The van der Waals surface area contributed by atoms with Crippen LogP contribution in [0.3, 0.4) is 0 Å². The Hall–Kier alpha value is -3.40. The van der Waals surface area contributed by atoms with E-state index in [2.05, 4.69) is 13.8 Å². The Morgan fingerprint density at radius 2 is 1.09 bits per heavy atom. The molecule has 1 aliphatic heterocycles. The van der Waals surface area contributed by atoms with Gasteiger partial charge in [0, 0.05) is 31.7 Å². The van der Waals surface area contributed by atoms with E-state index in [0.717, 1.165) is 11.1 Å². The van der Waals surface area contributed by atoms with Crippen LogP contribution in [0.25, 0.3) is 0 Å². The quantitative estimate of drug-likeness (QED) is 0.581. The number of amides is 2. The number of hydrogen-bond acceptors (Lipinski definition) is 2. The third-order valence-corrected chi connectivity index (χ3v) is 6.22. The van der Waals surface area contributed by atoms with E-state index in [4.69, 9.17) is 0 Å². The van der Waals surface area contributed by atoms with Gasteiger partial charge < -0.3 is 9.80 Å². The summed E-state index contributed by atoms with van der Waals surface area (Å²) in [7, 11) is 0. The minimum atomic E-state index is -0.330. The van der Waals surface area contributed by atoms with Gasteiger partial charge >= 0.3 is 0 Å². The van der Waals surface area contributed by atoms with E-state index < -0.39 is 0 Å². The molecule has 32 heavy (non-hydrogen) atoms. The van der Waals surface area contributed by atoms with Crippen LogP contribution in [-0.2, 0) is 4.79 Å². The van der Waals surface area contributed by atoms with Crippen molar-refractivity contribution >= 4 is 11.8 Å². The number of carbonyl (C=O) groups is 2. The number of carbonyl (C=O) groups excluding carboxylic acids is 2. The van der Waals surface area contributed by atoms with Crippen LogP contribution in [0.4, 0.5) is 0 Å². The second kappa shape index (κ2) is 9.82. The van der Waals surface area contributed by atoms with E-state index in [1.54, 1.807) is 0 Å². The molecule has 4 nitrogen and oxygen atoms in total. The van der Waals surface area contributed by atoms with Crippen LogP contribution in [0.1, 0.15) is 52.7 Å². The summed E-state index contributed by atoms with van der Waals surface area (Å²) in [6.07, 6.45) is 0. The van der Waals surface area contributed by atoms with Gasteiger partial charge in [-0.2, -0.15) is 0 Å². The molecule has 164 valence electrons. The van der Waals surface area contributed by atoms with Gasteiger partial charge in [-0.05, 0) is 34.7 Å². The van der Waals surface area contributed by atoms with Gasteiger partial charge in [-0.3, -0.25) is 9.59 Å². The SMILES string of the molecule is CC(C)c1ccc(C(=O)N2CCN(C(=O)C(c3ccccc3)c3ccccc3)CC2)cc1. The second-order valence-electron chi connectivity index (χ2n) is 8.65. The molecule has 0 spiro atoms. The molecule has 0 unspecified atom stereocenters. The van der Waals surface area contributed by atoms with Crippen LogP contribution in [0.5, 0.6) is 0 Å². The molecule has 3 aromatic carbocycles. The minimum absolute atomic E-state index is 0.0371. The smallest absolute Gasteiger partial charge is 0.253 e. The summed E-state index contributed by atoms with van der Waals surface area (Å²) in [6.45, 7) is 6.48. The highest BCUT2D eigenvalue weighted by Gasteiger charge is 2.31. The molecule has 0 saturated carbocycles. The van der Waals surface area contributed by atoms with Gasteiger partial charge in [0.2, 0.25) is 5.91 Å². The van der Waals surface area contributed by atoms with Crippen molar-refractivity contribution < 1.29 is 9.59 Å². The third kappa shape index (κ3) is 4.75. The largest absolute Gasteiger partial charge is 0.338 e. The maximum absolute atomic E-state index is 13.6. The summed E-state index contributed by atoms with van der Waals surface area (Å²) in [5.74, 6) is 0.241. The lowest BCUT2D eigenvalue weighted by molar-refractivity contribution is -0.133. The van der Waals surface area contributed by atoms with Gasteiger partial charge in [-0.1, -0.05) is 86.6 Å². The van der Waals surface area contributed by atoms with Crippen molar-refractivity contribution in [3.8, 4) is 0 Å². The average molecular weight is 427 g/mol. The first-order valence-electron chi connectivity index (χ1n) is 11.3. The van der Waals surface area contributed by atoms with Crippen LogP contribution in [0, 0.1) is 0 Å². The zero-order chi connectivity index (χ0) is 22.5. The van der Waals surface area contributed by atoms with E-state index >= 15 is 0 Å². The molecule has 4 heteroatoms. The molecule has 0 aliphatic carbocycles. The fourth-order valence-corrected chi connectivity index (χ4v) is 4.27. The molecule has 1 fully saturated rings. The maximum atomic E-state index is 13.6. The fourth-order valence-electron chi connectivity index (χ4n) is 4.27. The Morgan fingerprint density at radius 3 is 1.56 bits per heavy atom. The summed E-state index contributed by atoms with van der Waals surface area (Å²) in [4.78, 5) is 30.3. The fraction of sp³-hybridized carbons (Fsp3) is 0.286. The van der Waals surface area contributed by atoms with E-state index in [9.17, 15) is 9.59 Å². The molecule has 1 saturated heterocycles. The van der Waals surface area contributed by atoms with E-state index in [-0.39, 0.29) is 17.7 Å². The molecule has 4 rings (SSSR count). The molecular weight excluding hydrogens is 396 g/mol. The first-order valence-corrected chi connectivity index (χ1v) is 11.3. The van der Waals surface area contributed by atoms with Gasteiger partial charge in [0.1, 0.15) is 0 Å². The zero-order valence-corrected chi connectivity index (χ0v) is 18.8. The van der Waals surface area contributed by atoms with Crippen LogP contribution in [0.15, 0.2) is 84.9 Å². The topological polar surface area (TPSA) is 40.6 Å². The summed E-state index contributed by atoms with van der Waals surface area (Å²) in [5, 5.41) is 0. The summed E-state index contributed by atoms with van der Waals surface area (Å²) in [5.41, 5.74) is 3.92. The average Bonchev–Trinajstić information content (AvgIpc) is 2.85. The Kier molecular flexibility index (Phi) is 6.69. The molecule has 0 aromatic heterocycles. The highest BCUT2D eigenvalue weighted by molar-refractivity contribution is 5.94. The lowest BCUT2D eigenvalue weighted by Gasteiger charge is -2.36.